The van der Waals surface area contributed by atoms with Gasteiger partial charge in [-0.15, -0.1) is 0 Å². The predicted molar refractivity (Wildman–Crippen MR) is 115 cm³/mol. The van der Waals surface area contributed by atoms with Gasteiger partial charge in [0.05, 0.1) is 11.9 Å². The lowest BCUT2D eigenvalue weighted by Crippen LogP contribution is -2.31. The van der Waals surface area contributed by atoms with Gasteiger partial charge in [-0.25, -0.2) is 18.2 Å². The molecule has 3 atom stereocenters. The van der Waals surface area contributed by atoms with E-state index in [0.717, 1.165) is 49.1 Å². The van der Waals surface area contributed by atoms with Crippen molar-refractivity contribution in [2.24, 2.45) is 11.7 Å². The van der Waals surface area contributed by atoms with Crippen LogP contribution in [0.1, 0.15) is 48.2 Å². The quantitative estimate of drug-likeness (QED) is 0.595. The Labute approximate surface area is 183 Å². The number of aromatic nitrogens is 2. The van der Waals surface area contributed by atoms with E-state index in [-0.39, 0.29) is 23.2 Å². The van der Waals surface area contributed by atoms with E-state index in [4.69, 9.17) is 5.73 Å². The van der Waals surface area contributed by atoms with Crippen LogP contribution in [0.5, 0.6) is 0 Å². The average Bonchev–Trinajstić information content (AvgIpc) is 2.75. The SMILES string of the molecule is CC1CC(N)CC(c2ccncc2NC(=O)c2ccc(F)c(-c3cc(F)ccc3F)n2)C1. The Balaban J connectivity index is 1.63. The van der Waals surface area contributed by atoms with Crippen LogP contribution in [0.4, 0.5) is 18.9 Å². The highest BCUT2D eigenvalue weighted by atomic mass is 19.1. The maximum absolute atomic E-state index is 14.3. The molecule has 1 amide bonds. The summed E-state index contributed by atoms with van der Waals surface area (Å²) in [4.78, 5) is 21.0. The number of benzene rings is 1. The van der Waals surface area contributed by atoms with Gasteiger partial charge in [0.2, 0.25) is 0 Å². The highest BCUT2D eigenvalue weighted by molar-refractivity contribution is 6.03. The molecule has 5 nitrogen and oxygen atoms in total. The highest BCUT2D eigenvalue weighted by Crippen LogP contribution is 2.38. The van der Waals surface area contributed by atoms with Crippen molar-refractivity contribution in [3.63, 3.8) is 0 Å². The summed E-state index contributed by atoms with van der Waals surface area (Å²) in [5.41, 5.74) is 6.72. The van der Waals surface area contributed by atoms with E-state index in [1.165, 1.54) is 6.07 Å². The second kappa shape index (κ2) is 9.08. The van der Waals surface area contributed by atoms with Gasteiger partial charge in [-0.3, -0.25) is 9.78 Å². The molecule has 3 unspecified atom stereocenters. The van der Waals surface area contributed by atoms with Crippen molar-refractivity contribution >= 4 is 11.6 Å². The summed E-state index contributed by atoms with van der Waals surface area (Å²) in [6, 6.07) is 6.80. The van der Waals surface area contributed by atoms with Gasteiger partial charge in [0.15, 0.2) is 0 Å². The van der Waals surface area contributed by atoms with Crippen LogP contribution in [0.2, 0.25) is 0 Å². The number of hydrogen-bond acceptors (Lipinski definition) is 4. The summed E-state index contributed by atoms with van der Waals surface area (Å²) < 4.78 is 42.1. The Kier molecular flexibility index (Phi) is 6.23. The van der Waals surface area contributed by atoms with E-state index >= 15 is 0 Å². The van der Waals surface area contributed by atoms with Crippen LogP contribution in [0.3, 0.4) is 0 Å². The summed E-state index contributed by atoms with van der Waals surface area (Å²) in [6.07, 6.45) is 5.92. The Morgan fingerprint density at radius 2 is 1.84 bits per heavy atom. The van der Waals surface area contributed by atoms with Crippen molar-refractivity contribution in [3.8, 4) is 11.3 Å². The van der Waals surface area contributed by atoms with Crippen molar-refractivity contribution in [1.29, 1.82) is 0 Å². The van der Waals surface area contributed by atoms with Crippen molar-refractivity contribution in [2.75, 3.05) is 5.32 Å². The normalized spacial score (nSPS) is 20.7. The van der Waals surface area contributed by atoms with E-state index in [1.54, 1.807) is 12.4 Å². The third-order valence-corrected chi connectivity index (χ3v) is 5.78. The van der Waals surface area contributed by atoms with Crippen molar-refractivity contribution in [3.05, 3.63) is 77.5 Å². The number of pyridine rings is 2. The molecule has 166 valence electrons. The van der Waals surface area contributed by atoms with E-state index in [1.807, 2.05) is 6.07 Å². The minimum Gasteiger partial charge on any atom is -0.328 e. The number of carbonyl (C=O) groups is 1. The van der Waals surface area contributed by atoms with E-state index in [0.29, 0.717) is 11.6 Å². The van der Waals surface area contributed by atoms with Crippen LogP contribution in [0.25, 0.3) is 11.3 Å². The van der Waals surface area contributed by atoms with Crippen LogP contribution in [-0.2, 0) is 0 Å². The zero-order valence-electron chi connectivity index (χ0n) is 17.5. The number of nitrogens with one attached hydrogen (secondary N) is 1. The minimum atomic E-state index is -0.863. The standard InChI is InChI=1S/C24H23F3N4O/c1-13-8-14(10-16(28)9-13)17-6-7-29-12-22(17)31-24(32)21-5-4-20(27)23(30-21)18-11-15(25)2-3-19(18)26/h2-7,11-14,16H,8-10,28H2,1H3,(H,31,32). The molecule has 8 heteroatoms. The van der Waals surface area contributed by atoms with Crippen LogP contribution in [0, 0.1) is 23.4 Å². The van der Waals surface area contributed by atoms with Crippen LogP contribution in [0.15, 0.2) is 48.8 Å². The van der Waals surface area contributed by atoms with Crippen molar-refractivity contribution in [1.82, 2.24) is 9.97 Å². The zero-order valence-corrected chi connectivity index (χ0v) is 17.5. The maximum atomic E-state index is 14.3. The molecule has 0 aliphatic heterocycles. The summed E-state index contributed by atoms with van der Waals surface area (Å²) in [5, 5.41) is 2.78. The van der Waals surface area contributed by atoms with Crippen molar-refractivity contribution < 1.29 is 18.0 Å². The van der Waals surface area contributed by atoms with Crippen LogP contribution < -0.4 is 11.1 Å². The second-order valence-corrected chi connectivity index (χ2v) is 8.34. The Hall–Kier alpha value is -3.26. The number of halogens is 3. The Morgan fingerprint density at radius 1 is 1.06 bits per heavy atom. The summed E-state index contributed by atoms with van der Waals surface area (Å²) in [6.45, 7) is 2.15. The van der Waals surface area contributed by atoms with Gasteiger partial charge in [0.1, 0.15) is 28.8 Å². The van der Waals surface area contributed by atoms with E-state index in [9.17, 15) is 18.0 Å². The minimum absolute atomic E-state index is 0.0861. The molecule has 3 N–H and O–H groups in total. The smallest absolute Gasteiger partial charge is 0.274 e. The fourth-order valence-electron chi connectivity index (χ4n) is 4.40. The van der Waals surface area contributed by atoms with Crippen molar-refractivity contribution in [2.45, 2.75) is 38.1 Å². The molecular weight excluding hydrogens is 417 g/mol. The molecular formula is C24H23F3N4O. The predicted octanol–water partition coefficient (Wildman–Crippen LogP) is 5.04. The molecule has 1 aromatic carbocycles. The number of nitrogens with zero attached hydrogens (tertiary/aromatic N) is 2. The van der Waals surface area contributed by atoms with Gasteiger partial charge in [-0.05, 0) is 73.1 Å². The summed E-state index contributed by atoms with van der Waals surface area (Å²) >= 11 is 0. The maximum Gasteiger partial charge on any atom is 0.274 e. The topological polar surface area (TPSA) is 80.9 Å². The third kappa shape index (κ3) is 4.65. The largest absolute Gasteiger partial charge is 0.328 e. The van der Waals surface area contributed by atoms with Crippen LogP contribution >= 0.6 is 0 Å². The molecule has 2 aromatic heterocycles. The summed E-state index contributed by atoms with van der Waals surface area (Å²) in [5.74, 6) is -2.41. The van der Waals surface area contributed by atoms with Gasteiger partial charge < -0.3 is 11.1 Å². The Bertz CT molecular complexity index is 1140. The van der Waals surface area contributed by atoms with Gasteiger partial charge >= 0.3 is 0 Å². The van der Waals surface area contributed by atoms with Gasteiger partial charge in [0, 0.05) is 17.8 Å². The number of nitrogens with two attached hydrogens (primary N) is 1. The first-order chi connectivity index (χ1) is 15.3. The second-order valence-electron chi connectivity index (χ2n) is 8.34. The molecule has 4 rings (SSSR count). The fraction of sp³-hybridized carbons (Fsp3) is 0.292. The lowest BCUT2D eigenvalue weighted by atomic mass is 9.76. The molecule has 0 spiro atoms. The number of carbonyl (C=O) groups excluding carboxylic acids is 1. The highest BCUT2D eigenvalue weighted by Gasteiger charge is 2.27. The number of rotatable bonds is 4. The fourth-order valence-corrected chi connectivity index (χ4v) is 4.40. The molecule has 0 radical (unpaired) electrons. The van der Waals surface area contributed by atoms with Gasteiger partial charge in [-0.1, -0.05) is 6.92 Å². The molecule has 2 heterocycles. The zero-order chi connectivity index (χ0) is 22.8. The number of anilines is 1. The van der Waals surface area contributed by atoms with Crippen LogP contribution in [-0.4, -0.2) is 21.9 Å². The molecule has 0 saturated heterocycles. The Morgan fingerprint density at radius 3 is 2.62 bits per heavy atom. The lowest BCUT2D eigenvalue weighted by molar-refractivity contribution is 0.102. The lowest BCUT2D eigenvalue weighted by Gasteiger charge is -2.32. The molecule has 1 aliphatic rings. The molecule has 1 saturated carbocycles. The molecule has 1 fully saturated rings. The molecule has 0 bridgehead atoms. The van der Waals surface area contributed by atoms with Gasteiger partial charge in [0.25, 0.3) is 5.91 Å². The monoisotopic (exact) mass is 440 g/mol. The first kappa shape index (κ1) is 22.0. The average molecular weight is 440 g/mol. The molecule has 32 heavy (non-hydrogen) atoms. The van der Waals surface area contributed by atoms with Gasteiger partial charge in [-0.2, -0.15) is 0 Å². The van der Waals surface area contributed by atoms with E-state index < -0.39 is 29.1 Å². The molecule has 1 aliphatic carbocycles. The number of amides is 1. The molecule has 3 aromatic rings. The van der Waals surface area contributed by atoms with E-state index in [2.05, 4.69) is 22.2 Å². The third-order valence-electron chi connectivity index (χ3n) is 5.78. The summed E-state index contributed by atoms with van der Waals surface area (Å²) in [7, 11) is 0. The first-order valence-electron chi connectivity index (χ1n) is 10.4. The number of hydrogen-bond donors (Lipinski definition) is 2. The first-order valence-corrected chi connectivity index (χ1v) is 10.4.